The predicted molar refractivity (Wildman–Crippen MR) is 211 cm³/mol. The maximum atomic E-state index is 13.8. The van der Waals surface area contributed by atoms with Crippen LogP contribution in [0.3, 0.4) is 0 Å². The van der Waals surface area contributed by atoms with Crippen LogP contribution >= 0.6 is 0 Å². The van der Waals surface area contributed by atoms with Gasteiger partial charge < -0.3 is 20.3 Å². The van der Waals surface area contributed by atoms with Crippen molar-refractivity contribution in [2.45, 2.75) is 107 Å². The van der Waals surface area contributed by atoms with Gasteiger partial charge in [-0.25, -0.2) is 9.78 Å². The Hall–Kier alpha value is -4.91. The van der Waals surface area contributed by atoms with Crippen LogP contribution in [-0.4, -0.2) is 26.0 Å². The number of aryl methyl sites for hydroxylation is 6. The average molecular weight is 669 g/mol. The van der Waals surface area contributed by atoms with E-state index in [4.69, 9.17) is 9.98 Å². The second kappa shape index (κ2) is 14.9. The third kappa shape index (κ3) is 6.19. The van der Waals surface area contributed by atoms with Crippen LogP contribution in [0.15, 0.2) is 53.5 Å². The summed E-state index contributed by atoms with van der Waals surface area (Å²) in [6.07, 6.45) is 6.93. The Morgan fingerprint density at radius 1 is 0.580 bits per heavy atom. The fourth-order valence-corrected chi connectivity index (χ4v) is 8.14. The van der Waals surface area contributed by atoms with Gasteiger partial charge in [-0.2, -0.15) is 4.99 Å². The van der Waals surface area contributed by atoms with E-state index in [2.05, 4.69) is 93.9 Å². The number of para-hydroxylation sites is 1. The maximum absolute atomic E-state index is 13.8. The Morgan fingerprint density at radius 2 is 1.04 bits per heavy atom. The van der Waals surface area contributed by atoms with Crippen LogP contribution in [0, 0.1) is 0 Å². The minimum Gasteiger partial charge on any atom is -0.355 e. The number of hydrogen-bond acceptors (Lipinski definition) is 2. The lowest BCUT2D eigenvalue weighted by molar-refractivity contribution is 0.259. The van der Waals surface area contributed by atoms with E-state index < -0.39 is 6.03 Å². The zero-order valence-electron chi connectivity index (χ0n) is 31.1. The molecule has 7 nitrogen and oxygen atoms in total. The number of urea groups is 1. The monoisotopic (exact) mass is 668 g/mol. The van der Waals surface area contributed by atoms with Gasteiger partial charge in [0.05, 0.1) is 16.9 Å². The van der Waals surface area contributed by atoms with E-state index in [1.54, 1.807) is 0 Å². The highest BCUT2D eigenvalue weighted by Crippen LogP contribution is 2.35. The lowest BCUT2D eigenvalue weighted by Crippen LogP contribution is -2.17. The summed E-state index contributed by atoms with van der Waals surface area (Å²) >= 11 is 0. The molecule has 1 aromatic carbocycles. The van der Waals surface area contributed by atoms with Gasteiger partial charge in [-0.1, -0.05) is 73.6 Å². The Balaban J connectivity index is 1.88. The summed E-state index contributed by atoms with van der Waals surface area (Å²) in [5.41, 5.74) is 19.0. The van der Waals surface area contributed by atoms with Gasteiger partial charge in [0.25, 0.3) is 0 Å². The minimum atomic E-state index is -0.422. The molecular weight excluding hydrogens is 617 g/mol. The summed E-state index contributed by atoms with van der Waals surface area (Å²) in [5, 5.41) is 3.59. The summed E-state index contributed by atoms with van der Waals surface area (Å²) < 4.78 is 0. The zero-order valence-corrected chi connectivity index (χ0v) is 31.1. The number of anilines is 1. The van der Waals surface area contributed by atoms with Gasteiger partial charge in [0.15, 0.2) is 0 Å². The van der Waals surface area contributed by atoms with Crippen molar-refractivity contribution in [2.75, 3.05) is 5.32 Å². The molecule has 8 bridgehead atoms. The highest BCUT2D eigenvalue weighted by molar-refractivity contribution is 5.95. The third-order valence-corrected chi connectivity index (χ3v) is 10.4. The van der Waals surface area contributed by atoms with Gasteiger partial charge in [-0.3, -0.25) is 0 Å². The van der Waals surface area contributed by atoms with Crippen molar-refractivity contribution in [1.29, 1.82) is 0 Å². The number of aromatic amines is 3. The Labute approximate surface area is 295 Å². The number of rotatable bonds is 9. The Bertz CT molecular complexity index is 2300. The number of fused-ring (bicyclic) bond motifs is 8. The summed E-state index contributed by atoms with van der Waals surface area (Å²) in [5.74, 6) is 0. The van der Waals surface area contributed by atoms with Crippen molar-refractivity contribution in [3.63, 3.8) is 0 Å². The first-order valence-corrected chi connectivity index (χ1v) is 18.7. The first-order valence-electron chi connectivity index (χ1n) is 18.7. The molecule has 5 aromatic rings. The van der Waals surface area contributed by atoms with Gasteiger partial charge >= 0.3 is 6.03 Å². The standard InChI is InChI=1S/C43H52N6O/c1-9-26-28(11-3)36-23-38-30(13-5)32(15-7)40(47-38)42(49-43(50)44-25-20-18-17-19-21-25)41-33(16-8)31(14-6)39(48-41)24-37-29(12-4)27(10-2)35(46-37)22-34(26)45-36/h17-24,45-47H,9-16H2,1-8H3,(H,44,50)/b34-22?,36-23?,39-24?,49-42-. The van der Waals surface area contributed by atoms with Crippen LogP contribution in [0.4, 0.5) is 10.5 Å². The van der Waals surface area contributed by atoms with Gasteiger partial charge in [-0.05, 0) is 126 Å². The van der Waals surface area contributed by atoms with Gasteiger partial charge in [0.1, 0.15) is 5.36 Å². The normalized spacial score (nSPS) is 12.8. The van der Waals surface area contributed by atoms with Crippen LogP contribution < -0.4 is 10.7 Å². The molecule has 0 fully saturated rings. The predicted octanol–water partition coefficient (Wildman–Crippen LogP) is 10.8. The molecule has 4 N–H and O–H groups in total. The van der Waals surface area contributed by atoms with Crippen molar-refractivity contribution in [1.82, 2.24) is 19.9 Å². The van der Waals surface area contributed by atoms with Crippen molar-refractivity contribution in [3.05, 3.63) is 98.7 Å². The van der Waals surface area contributed by atoms with Crippen LogP contribution in [0.2, 0.25) is 0 Å². The second-order valence-electron chi connectivity index (χ2n) is 13.0. The number of amides is 2. The van der Waals surface area contributed by atoms with Gasteiger partial charge in [0.2, 0.25) is 0 Å². The molecular formula is C43H52N6O. The summed E-state index contributed by atoms with van der Waals surface area (Å²) in [4.78, 5) is 35.5. The molecule has 6 rings (SSSR count). The molecule has 0 unspecified atom stereocenters. The molecule has 0 aliphatic carbocycles. The highest BCUT2D eigenvalue weighted by Gasteiger charge is 2.23. The quantitative estimate of drug-likeness (QED) is 0.126. The Morgan fingerprint density at radius 3 is 1.52 bits per heavy atom. The van der Waals surface area contributed by atoms with Gasteiger partial charge in [-0.15, -0.1) is 0 Å². The molecule has 0 atom stereocenters. The number of nitrogens with one attached hydrogen (secondary N) is 4. The molecule has 7 heteroatoms. The van der Waals surface area contributed by atoms with Gasteiger partial charge in [0, 0.05) is 33.3 Å². The topological polar surface area (TPSA) is 102 Å². The minimum absolute atomic E-state index is 0.422. The van der Waals surface area contributed by atoms with Crippen LogP contribution in [0.1, 0.15) is 113 Å². The first kappa shape index (κ1) is 34.9. The number of benzene rings is 1. The van der Waals surface area contributed by atoms with E-state index in [0.717, 1.165) is 101 Å². The first-order chi connectivity index (χ1) is 24.3. The molecule has 0 saturated heterocycles. The number of hydrogen-bond donors (Lipinski definition) is 4. The third-order valence-electron chi connectivity index (χ3n) is 10.4. The molecule has 0 saturated carbocycles. The summed E-state index contributed by atoms with van der Waals surface area (Å²) in [6, 6.07) is 15.9. The second-order valence-corrected chi connectivity index (χ2v) is 13.0. The number of nitrogens with zero attached hydrogens (tertiary/aromatic N) is 2. The molecule has 260 valence electrons. The van der Waals surface area contributed by atoms with Crippen LogP contribution in [0.25, 0.3) is 44.2 Å². The maximum Gasteiger partial charge on any atom is 0.346 e. The SMILES string of the molecule is CCC1=C(CC)c2nc1cc1[nH]c(cc3[nH]c(cc4[nH]c(c(CC)c4CC)/c2=N/C(=O)Nc2ccccc2)c(CC)c3CC)c(CC)c1CC. The number of carbonyl (C=O) groups is 1. The molecule has 2 amide bonds. The lowest BCUT2D eigenvalue weighted by atomic mass is 9.99. The number of aromatic nitrogens is 4. The molecule has 50 heavy (non-hydrogen) atoms. The van der Waals surface area contributed by atoms with Crippen molar-refractivity contribution < 1.29 is 4.79 Å². The van der Waals surface area contributed by atoms with Crippen molar-refractivity contribution >= 4 is 56.0 Å². The van der Waals surface area contributed by atoms with E-state index in [9.17, 15) is 4.79 Å². The largest absolute Gasteiger partial charge is 0.355 e. The smallest absolute Gasteiger partial charge is 0.346 e. The fourth-order valence-electron chi connectivity index (χ4n) is 8.14. The number of H-pyrrole nitrogens is 3. The number of carbonyl (C=O) groups excluding carboxylic acids is 1. The van der Waals surface area contributed by atoms with E-state index >= 15 is 0 Å². The molecule has 0 radical (unpaired) electrons. The lowest BCUT2D eigenvalue weighted by Gasteiger charge is -2.05. The van der Waals surface area contributed by atoms with E-state index in [1.165, 1.54) is 39.0 Å². The van der Waals surface area contributed by atoms with Crippen molar-refractivity contribution in [3.8, 4) is 0 Å². The summed E-state index contributed by atoms with van der Waals surface area (Å²) in [7, 11) is 0. The fraction of sp³-hybridized carbons (Fsp3) is 0.372. The average Bonchev–Trinajstić information content (AvgIpc) is 3.86. The van der Waals surface area contributed by atoms with Crippen LogP contribution in [-0.2, 0) is 38.5 Å². The van der Waals surface area contributed by atoms with E-state index in [-0.39, 0.29) is 0 Å². The zero-order chi connectivity index (χ0) is 35.5. The van der Waals surface area contributed by atoms with Crippen LogP contribution in [0.5, 0.6) is 0 Å². The van der Waals surface area contributed by atoms with E-state index in [1.807, 2.05) is 30.3 Å². The molecule has 4 aromatic heterocycles. The molecule has 5 heterocycles. The van der Waals surface area contributed by atoms with Crippen molar-refractivity contribution in [2.24, 2.45) is 4.99 Å². The highest BCUT2D eigenvalue weighted by atomic mass is 16.2. The summed E-state index contributed by atoms with van der Waals surface area (Å²) in [6.45, 7) is 17.7. The molecule has 1 aliphatic rings. The van der Waals surface area contributed by atoms with E-state index in [0.29, 0.717) is 11.0 Å². The molecule has 1 aliphatic heterocycles. The molecule has 0 spiro atoms. The number of allylic oxidation sites excluding steroid dienone is 2. The Kier molecular flexibility index (Phi) is 10.4.